The van der Waals surface area contributed by atoms with Gasteiger partial charge in [0.2, 0.25) is 11.7 Å². The van der Waals surface area contributed by atoms with Crippen molar-refractivity contribution in [3.63, 3.8) is 0 Å². The molecule has 19 heavy (non-hydrogen) atoms. The number of aromatic nitrogens is 3. The first kappa shape index (κ1) is 12.1. The molecule has 0 saturated carbocycles. The van der Waals surface area contributed by atoms with E-state index in [0.29, 0.717) is 0 Å². The summed E-state index contributed by atoms with van der Waals surface area (Å²) in [5, 5.41) is 0. The molecule has 6 heteroatoms. The van der Waals surface area contributed by atoms with Crippen molar-refractivity contribution in [3.05, 3.63) is 30.4 Å². The zero-order valence-electron chi connectivity index (χ0n) is 10.7. The Morgan fingerprint density at radius 3 is 2.89 bits per heavy atom. The van der Waals surface area contributed by atoms with Gasteiger partial charge in [-0.1, -0.05) is 0 Å². The van der Waals surface area contributed by atoms with Crippen LogP contribution in [0, 0.1) is 5.92 Å². The molecule has 2 aromatic rings. The van der Waals surface area contributed by atoms with E-state index >= 15 is 0 Å². The van der Waals surface area contributed by atoms with Gasteiger partial charge in [0, 0.05) is 31.1 Å². The molecule has 0 unspecified atom stereocenters. The van der Waals surface area contributed by atoms with E-state index in [4.69, 9.17) is 5.73 Å². The molecule has 1 amide bonds. The van der Waals surface area contributed by atoms with Crippen molar-refractivity contribution >= 4 is 11.7 Å². The smallest absolute Gasteiger partial charge is 0.233 e. The number of hydrogen-bond donors (Lipinski definition) is 1. The molecule has 1 aliphatic heterocycles. The lowest BCUT2D eigenvalue weighted by molar-refractivity contribution is -0.123. The number of hydrogen-bond acceptors (Lipinski definition) is 4. The maximum atomic E-state index is 11.1. The van der Waals surface area contributed by atoms with E-state index in [1.54, 1.807) is 6.20 Å². The van der Waals surface area contributed by atoms with Gasteiger partial charge in [-0.3, -0.25) is 14.1 Å². The van der Waals surface area contributed by atoms with Gasteiger partial charge in [-0.15, -0.1) is 0 Å². The average molecular weight is 259 g/mol. The van der Waals surface area contributed by atoms with Crippen molar-refractivity contribution in [2.75, 3.05) is 13.1 Å². The van der Waals surface area contributed by atoms with Crippen LogP contribution in [-0.2, 0) is 11.3 Å². The predicted octanol–water partition coefficient (Wildman–Crippen LogP) is 0.427. The average Bonchev–Trinajstić information content (AvgIpc) is 2.81. The van der Waals surface area contributed by atoms with Gasteiger partial charge in [-0.2, -0.15) is 0 Å². The monoisotopic (exact) mass is 259 g/mol. The minimum absolute atomic E-state index is 0.0407. The van der Waals surface area contributed by atoms with E-state index in [0.717, 1.165) is 43.9 Å². The number of imidazole rings is 1. The molecule has 1 saturated heterocycles. The molecule has 0 bridgehead atoms. The van der Waals surface area contributed by atoms with Gasteiger partial charge >= 0.3 is 0 Å². The molecule has 0 spiro atoms. The molecule has 2 N–H and O–H groups in total. The molecule has 0 atom stereocenters. The SMILES string of the molecule is NC(=O)C1CCN(Cc2cn3cccnc3n2)CC1. The van der Waals surface area contributed by atoms with Crippen LogP contribution in [0.3, 0.4) is 0 Å². The van der Waals surface area contributed by atoms with Gasteiger partial charge in [0.05, 0.1) is 5.69 Å². The normalized spacial score (nSPS) is 17.9. The molecule has 1 aliphatic rings. The molecule has 2 aromatic heterocycles. The lowest BCUT2D eigenvalue weighted by Crippen LogP contribution is -2.38. The molecule has 0 aliphatic carbocycles. The first-order chi connectivity index (χ1) is 9.22. The Morgan fingerprint density at radius 1 is 1.42 bits per heavy atom. The highest BCUT2D eigenvalue weighted by molar-refractivity contribution is 5.76. The minimum Gasteiger partial charge on any atom is -0.369 e. The van der Waals surface area contributed by atoms with E-state index in [9.17, 15) is 4.79 Å². The second-order valence-electron chi connectivity index (χ2n) is 5.01. The molecule has 6 nitrogen and oxygen atoms in total. The Balaban J connectivity index is 1.64. The second kappa shape index (κ2) is 4.97. The summed E-state index contributed by atoms with van der Waals surface area (Å²) in [4.78, 5) is 22.1. The van der Waals surface area contributed by atoms with E-state index < -0.39 is 0 Å². The van der Waals surface area contributed by atoms with Crippen LogP contribution in [-0.4, -0.2) is 38.3 Å². The highest BCUT2D eigenvalue weighted by Gasteiger charge is 2.23. The van der Waals surface area contributed by atoms with Gasteiger partial charge in [0.25, 0.3) is 0 Å². The molecule has 3 heterocycles. The largest absolute Gasteiger partial charge is 0.369 e. The van der Waals surface area contributed by atoms with Crippen molar-refractivity contribution in [1.29, 1.82) is 0 Å². The van der Waals surface area contributed by atoms with Crippen molar-refractivity contribution in [2.24, 2.45) is 11.7 Å². The summed E-state index contributed by atoms with van der Waals surface area (Å²) in [6, 6.07) is 1.89. The number of carbonyl (C=O) groups excluding carboxylic acids is 1. The highest BCUT2D eigenvalue weighted by atomic mass is 16.1. The lowest BCUT2D eigenvalue weighted by atomic mass is 9.96. The fourth-order valence-electron chi connectivity index (χ4n) is 2.56. The van der Waals surface area contributed by atoms with Crippen LogP contribution in [0.25, 0.3) is 5.78 Å². The Kier molecular flexibility index (Phi) is 3.16. The molecule has 3 rings (SSSR count). The summed E-state index contributed by atoms with van der Waals surface area (Å²) in [6.45, 7) is 2.60. The number of carbonyl (C=O) groups is 1. The van der Waals surface area contributed by atoms with Crippen LogP contribution in [0.15, 0.2) is 24.7 Å². The van der Waals surface area contributed by atoms with Gasteiger partial charge in [0.15, 0.2) is 0 Å². The lowest BCUT2D eigenvalue weighted by Gasteiger charge is -2.29. The number of primary amides is 1. The van der Waals surface area contributed by atoms with Crippen LogP contribution in [0.2, 0.25) is 0 Å². The van der Waals surface area contributed by atoms with Gasteiger partial charge < -0.3 is 5.73 Å². The summed E-state index contributed by atoms with van der Waals surface area (Å²) in [5.74, 6) is 0.597. The maximum Gasteiger partial charge on any atom is 0.233 e. The van der Waals surface area contributed by atoms with Crippen LogP contribution in [0.1, 0.15) is 18.5 Å². The quantitative estimate of drug-likeness (QED) is 0.867. The number of rotatable bonds is 3. The number of amides is 1. The van der Waals surface area contributed by atoms with E-state index in [1.807, 2.05) is 22.9 Å². The second-order valence-corrected chi connectivity index (χ2v) is 5.01. The van der Waals surface area contributed by atoms with Gasteiger partial charge in [-0.05, 0) is 32.0 Å². The summed E-state index contributed by atoms with van der Waals surface area (Å²) >= 11 is 0. The maximum absolute atomic E-state index is 11.1. The number of nitrogens with zero attached hydrogens (tertiary/aromatic N) is 4. The molecule has 1 fully saturated rings. The van der Waals surface area contributed by atoms with Crippen LogP contribution < -0.4 is 5.73 Å². The van der Waals surface area contributed by atoms with Crippen molar-refractivity contribution in [1.82, 2.24) is 19.3 Å². The number of nitrogens with two attached hydrogens (primary N) is 1. The summed E-state index contributed by atoms with van der Waals surface area (Å²) in [6.07, 6.45) is 7.38. The summed E-state index contributed by atoms with van der Waals surface area (Å²) in [7, 11) is 0. The number of piperidine rings is 1. The molecular formula is C13H17N5O. The third kappa shape index (κ3) is 2.58. The van der Waals surface area contributed by atoms with Crippen LogP contribution in [0.4, 0.5) is 0 Å². The third-order valence-corrected chi connectivity index (χ3v) is 3.66. The Labute approximate surface area is 111 Å². The van der Waals surface area contributed by atoms with Crippen LogP contribution in [0.5, 0.6) is 0 Å². The Hall–Kier alpha value is -1.95. The van der Waals surface area contributed by atoms with Gasteiger partial charge in [-0.25, -0.2) is 9.97 Å². The molecular weight excluding hydrogens is 242 g/mol. The molecule has 100 valence electrons. The van der Waals surface area contributed by atoms with E-state index in [1.165, 1.54) is 0 Å². The molecule has 0 radical (unpaired) electrons. The number of likely N-dealkylation sites (tertiary alicyclic amines) is 1. The van der Waals surface area contributed by atoms with E-state index in [-0.39, 0.29) is 11.8 Å². The summed E-state index contributed by atoms with van der Waals surface area (Å²) in [5.41, 5.74) is 6.35. The standard InChI is InChI=1S/C13H17N5O/c14-12(19)10-2-6-17(7-3-10)8-11-9-18-5-1-4-15-13(18)16-11/h1,4-5,9-10H,2-3,6-8H2,(H2,14,19). The van der Waals surface area contributed by atoms with Gasteiger partial charge in [0.1, 0.15) is 0 Å². The fraction of sp³-hybridized carbons (Fsp3) is 0.462. The fourth-order valence-corrected chi connectivity index (χ4v) is 2.56. The van der Waals surface area contributed by atoms with E-state index in [2.05, 4.69) is 14.9 Å². The predicted molar refractivity (Wildman–Crippen MR) is 70.2 cm³/mol. The molecule has 0 aromatic carbocycles. The minimum atomic E-state index is -0.170. The topological polar surface area (TPSA) is 76.5 Å². The summed E-state index contributed by atoms with van der Waals surface area (Å²) < 4.78 is 1.92. The Bertz CT molecular complexity index is 552. The van der Waals surface area contributed by atoms with Crippen molar-refractivity contribution in [3.8, 4) is 0 Å². The van der Waals surface area contributed by atoms with Crippen molar-refractivity contribution in [2.45, 2.75) is 19.4 Å². The highest BCUT2D eigenvalue weighted by Crippen LogP contribution is 2.18. The van der Waals surface area contributed by atoms with Crippen molar-refractivity contribution < 1.29 is 4.79 Å². The first-order valence-corrected chi connectivity index (χ1v) is 6.52. The Morgan fingerprint density at radius 2 is 2.21 bits per heavy atom. The number of fused-ring (bicyclic) bond motifs is 1. The zero-order chi connectivity index (χ0) is 13.2. The third-order valence-electron chi connectivity index (χ3n) is 3.66. The van der Waals surface area contributed by atoms with Crippen LogP contribution >= 0.6 is 0 Å². The first-order valence-electron chi connectivity index (χ1n) is 6.52. The zero-order valence-corrected chi connectivity index (χ0v) is 10.7.